The van der Waals surface area contributed by atoms with E-state index in [4.69, 9.17) is 9.47 Å². The normalized spacial score (nSPS) is 15.8. The summed E-state index contributed by atoms with van der Waals surface area (Å²) in [6, 6.07) is 10.7. The summed E-state index contributed by atoms with van der Waals surface area (Å²) < 4.78 is 38.8. The third kappa shape index (κ3) is 5.31. The minimum atomic E-state index is -3.60. The number of carbonyl (C=O) groups excluding carboxylic acids is 1. The highest BCUT2D eigenvalue weighted by atomic mass is 32.2. The van der Waals surface area contributed by atoms with E-state index in [1.165, 1.54) is 0 Å². The van der Waals surface area contributed by atoms with Gasteiger partial charge in [0.25, 0.3) is 0 Å². The fourth-order valence-electron chi connectivity index (χ4n) is 4.44. The number of carbonyl (C=O) groups is 1. The Morgan fingerprint density at radius 3 is 2.47 bits per heavy atom. The molecule has 1 amide bonds. The van der Waals surface area contributed by atoms with E-state index in [1.807, 2.05) is 32.0 Å². The second-order valence-electron chi connectivity index (χ2n) is 8.55. The molecule has 2 aliphatic heterocycles. The van der Waals surface area contributed by atoms with E-state index >= 15 is 0 Å². The van der Waals surface area contributed by atoms with Crippen LogP contribution in [-0.2, 0) is 21.2 Å². The molecule has 0 bridgehead atoms. The molecule has 2 heterocycles. The van der Waals surface area contributed by atoms with Gasteiger partial charge in [-0.15, -0.1) is 0 Å². The summed E-state index contributed by atoms with van der Waals surface area (Å²) in [6.07, 6.45) is 3.60. The Kier molecular flexibility index (Phi) is 7.63. The van der Waals surface area contributed by atoms with Gasteiger partial charge in [-0.05, 0) is 69.0 Å². The van der Waals surface area contributed by atoms with Crippen LogP contribution in [0.1, 0.15) is 45.1 Å². The highest BCUT2D eigenvalue weighted by Gasteiger charge is 2.27. The summed E-state index contributed by atoms with van der Waals surface area (Å²) in [7, 11) is -3.60. The van der Waals surface area contributed by atoms with Crippen LogP contribution in [0, 0.1) is 0 Å². The number of rotatable bonds is 9. The van der Waals surface area contributed by atoms with Gasteiger partial charge in [0.2, 0.25) is 22.7 Å². The van der Waals surface area contributed by atoms with Crippen molar-refractivity contribution < 1.29 is 22.7 Å². The minimum absolute atomic E-state index is 0.168. The number of amides is 1. The zero-order chi connectivity index (χ0) is 24.1. The molecule has 2 aromatic carbocycles. The summed E-state index contributed by atoms with van der Waals surface area (Å²) >= 11 is 0. The number of ether oxygens (including phenoxy) is 2. The molecule has 0 unspecified atom stereocenters. The standard InChI is InChI=1S/C25H33N3O5S/c1-3-27(4-2)22-11-10-20(34(30,31)28-14-6-5-7-15-28)17-21(22)26-25(29)13-9-19-8-12-23-24(16-19)33-18-32-23/h8,10-12,16-17H,3-7,9,13-15,18H2,1-2H3,(H,26,29). The molecule has 2 aliphatic rings. The molecular formula is C25H33N3O5S. The number of aryl methyl sites for hydroxylation is 1. The van der Waals surface area contributed by atoms with E-state index < -0.39 is 10.0 Å². The average Bonchev–Trinajstić information content (AvgIpc) is 3.33. The first-order valence-electron chi connectivity index (χ1n) is 12.0. The number of piperidine rings is 1. The number of nitrogens with one attached hydrogen (secondary N) is 1. The molecule has 9 heteroatoms. The Morgan fingerprint density at radius 2 is 1.74 bits per heavy atom. The summed E-state index contributed by atoms with van der Waals surface area (Å²) in [6.45, 7) is 6.85. The zero-order valence-electron chi connectivity index (χ0n) is 19.9. The molecule has 2 aromatic rings. The Bertz CT molecular complexity index is 1130. The van der Waals surface area contributed by atoms with Gasteiger partial charge in [0.1, 0.15) is 0 Å². The Balaban J connectivity index is 1.52. The predicted molar refractivity (Wildman–Crippen MR) is 132 cm³/mol. The molecule has 184 valence electrons. The van der Waals surface area contributed by atoms with E-state index in [2.05, 4.69) is 10.2 Å². The van der Waals surface area contributed by atoms with Crippen LogP contribution in [0.5, 0.6) is 11.5 Å². The lowest BCUT2D eigenvalue weighted by Gasteiger charge is -2.28. The van der Waals surface area contributed by atoms with Crippen LogP contribution in [0.3, 0.4) is 0 Å². The van der Waals surface area contributed by atoms with Crippen LogP contribution in [0.4, 0.5) is 11.4 Å². The number of anilines is 2. The van der Waals surface area contributed by atoms with E-state index in [0.29, 0.717) is 36.7 Å². The number of hydrogen-bond acceptors (Lipinski definition) is 6. The Morgan fingerprint density at radius 1 is 1.00 bits per heavy atom. The van der Waals surface area contributed by atoms with Crippen molar-refractivity contribution in [2.24, 2.45) is 0 Å². The van der Waals surface area contributed by atoms with Gasteiger partial charge in [-0.2, -0.15) is 4.31 Å². The molecular weight excluding hydrogens is 454 g/mol. The van der Waals surface area contributed by atoms with Gasteiger partial charge in [-0.25, -0.2) is 8.42 Å². The first-order chi connectivity index (χ1) is 16.4. The number of benzene rings is 2. The molecule has 0 saturated carbocycles. The summed E-state index contributed by atoms with van der Waals surface area (Å²) in [5.41, 5.74) is 2.32. The van der Waals surface area contributed by atoms with Crippen LogP contribution in [-0.4, -0.2) is 51.6 Å². The van der Waals surface area contributed by atoms with Crippen LogP contribution in [0.15, 0.2) is 41.3 Å². The second-order valence-corrected chi connectivity index (χ2v) is 10.5. The lowest BCUT2D eigenvalue weighted by molar-refractivity contribution is -0.116. The summed E-state index contributed by atoms with van der Waals surface area (Å²) in [4.78, 5) is 15.2. The largest absolute Gasteiger partial charge is 0.454 e. The highest BCUT2D eigenvalue weighted by Crippen LogP contribution is 2.33. The molecule has 1 N–H and O–H groups in total. The molecule has 0 spiro atoms. The molecule has 1 saturated heterocycles. The molecule has 8 nitrogen and oxygen atoms in total. The Hall–Kier alpha value is -2.78. The van der Waals surface area contributed by atoms with Gasteiger partial charge in [0.05, 0.1) is 16.3 Å². The van der Waals surface area contributed by atoms with Crippen LogP contribution in [0.2, 0.25) is 0 Å². The van der Waals surface area contributed by atoms with Crippen molar-refractivity contribution >= 4 is 27.3 Å². The van der Waals surface area contributed by atoms with E-state index in [-0.39, 0.29) is 24.0 Å². The first-order valence-corrected chi connectivity index (χ1v) is 13.4. The third-order valence-electron chi connectivity index (χ3n) is 6.38. The van der Waals surface area contributed by atoms with Gasteiger partial charge >= 0.3 is 0 Å². The third-order valence-corrected chi connectivity index (χ3v) is 8.27. The van der Waals surface area contributed by atoms with Gasteiger partial charge in [-0.1, -0.05) is 12.5 Å². The van der Waals surface area contributed by atoms with Crippen molar-refractivity contribution in [3.8, 4) is 11.5 Å². The average molecular weight is 488 g/mol. The number of fused-ring (bicyclic) bond motifs is 1. The molecule has 0 radical (unpaired) electrons. The highest BCUT2D eigenvalue weighted by molar-refractivity contribution is 7.89. The van der Waals surface area contributed by atoms with Crippen molar-refractivity contribution in [3.05, 3.63) is 42.0 Å². The zero-order valence-corrected chi connectivity index (χ0v) is 20.7. The number of hydrogen-bond donors (Lipinski definition) is 1. The molecule has 4 rings (SSSR count). The monoisotopic (exact) mass is 487 g/mol. The SMILES string of the molecule is CCN(CC)c1ccc(S(=O)(=O)N2CCCCC2)cc1NC(=O)CCc1ccc2c(c1)OCO2. The van der Waals surface area contributed by atoms with E-state index in [1.54, 1.807) is 22.5 Å². The summed E-state index contributed by atoms with van der Waals surface area (Å²) in [5.74, 6) is 1.24. The lowest BCUT2D eigenvalue weighted by atomic mass is 10.1. The second kappa shape index (κ2) is 10.7. The Labute approximate surface area is 201 Å². The number of sulfonamides is 1. The summed E-state index contributed by atoms with van der Waals surface area (Å²) in [5, 5.41) is 2.98. The lowest BCUT2D eigenvalue weighted by Crippen LogP contribution is -2.35. The van der Waals surface area contributed by atoms with Crippen molar-refractivity contribution in [1.82, 2.24) is 4.31 Å². The van der Waals surface area contributed by atoms with Crippen LogP contribution >= 0.6 is 0 Å². The van der Waals surface area contributed by atoms with E-state index in [9.17, 15) is 13.2 Å². The van der Waals surface area contributed by atoms with Gasteiger partial charge in [0.15, 0.2) is 11.5 Å². The predicted octanol–water partition coefficient (Wildman–Crippen LogP) is 4.01. The maximum absolute atomic E-state index is 13.2. The quantitative estimate of drug-likeness (QED) is 0.575. The van der Waals surface area contributed by atoms with Gasteiger partial charge in [0, 0.05) is 32.6 Å². The topological polar surface area (TPSA) is 88.2 Å². The molecule has 1 fully saturated rings. The first kappa shape index (κ1) is 24.3. The fraction of sp³-hybridized carbons (Fsp3) is 0.480. The minimum Gasteiger partial charge on any atom is -0.454 e. The molecule has 0 aliphatic carbocycles. The molecule has 0 aromatic heterocycles. The van der Waals surface area contributed by atoms with E-state index in [0.717, 1.165) is 43.6 Å². The van der Waals surface area contributed by atoms with Gasteiger partial charge < -0.3 is 19.7 Å². The van der Waals surface area contributed by atoms with Crippen molar-refractivity contribution in [1.29, 1.82) is 0 Å². The maximum atomic E-state index is 13.2. The number of nitrogens with zero attached hydrogens (tertiary/aromatic N) is 2. The van der Waals surface area contributed by atoms with Gasteiger partial charge in [-0.3, -0.25) is 4.79 Å². The van der Waals surface area contributed by atoms with Crippen LogP contribution in [0.25, 0.3) is 0 Å². The molecule has 34 heavy (non-hydrogen) atoms. The van der Waals surface area contributed by atoms with Crippen molar-refractivity contribution in [2.45, 2.75) is 50.8 Å². The van der Waals surface area contributed by atoms with Crippen molar-refractivity contribution in [2.75, 3.05) is 43.2 Å². The van der Waals surface area contributed by atoms with Crippen molar-refractivity contribution in [3.63, 3.8) is 0 Å². The van der Waals surface area contributed by atoms with Crippen LogP contribution < -0.4 is 19.7 Å². The fourth-order valence-corrected chi connectivity index (χ4v) is 5.98. The maximum Gasteiger partial charge on any atom is 0.243 e. The smallest absolute Gasteiger partial charge is 0.243 e. The molecule has 0 atom stereocenters.